The van der Waals surface area contributed by atoms with Gasteiger partial charge in [0.2, 0.25) is 10.0 Å². The zero-order chi connectivity index (χ0) is 22.1. The van der Waals surface area contributed by atoms with Gasteiger partial charge in [0.05, 0.1) is 9.79 Å². The molecule has 1 amide bonds. The molecule has 2 atom stereocenters. The van der Waals surface area contributed by atoms with Crippen LogP contribution in [0.4, 0.5) is 0 Å². The molecule has 1 fully saturated rings. The number of sulfonamides is 2. The fraction of sp³-hybridized carbons (Fsp3) is 0.316. The topological polar surface area (TPSA) is 113 Å². The first-order valence-corrected chi connectivity index (χ1v) is 12.6. The monoisotopic (exact) mass is 469 g/mol. The summed E-state index contributed by atoms with van der Waals surface area (Å²) < 4.78 is 52.0. The third-order valence-corrected chi connectivity index (χ3v) is 8.28. The first-order chi connectivity index (χ1) is 14.0. The summed E-state index contributed by atoms with van der Waals surface area (Å²) in [5, 5.41) is -0.353. The number of aryl methyl sites for hydroxylation is 2. The van der Waals surface area contributed by atoms with Crippen molar-refractivity contribution in [1.29, 1.82) is 0 Å². The van der Waals surface area contributed by atoms with Gasteiger partial charge in [0.1, 0.15) is 6.04 Å². The lowest BCUT2D eigenvalue weighted by molar-refractivity contribution is -0.124. The Kier molecular flexibility index (Phi) is 6.58. The highest BCUT2D eigenvalue weighted by molar-refractivity contribution is 7.89. The highest BCUT2D eigenvalue weighted by Gasteiger charge is 2.43. The lowest BCUT2D eigenvalue weighted by Gasteiger charge is -2.23. The number of rotatable bonds is 6. The summed E-state index contributed by atoms with van der Waals surface area (Å²) in [6.07, 6.45) is 0.159. The van der Waals surface area contributed by atoms with Crippen molar-refractivity contribution in [2.24, 2.45) is 0 Å². The average Bonchev–Trinajstić information content (AvgIpc) is 3.09. The van der Waals surface area contributed by atoms with Gasteiger partial charge >= 0.3 is 0 Å². The molecule has 2 aromatic rings. The van der Waals surface area contributed by atoms with E-state index in [1.54, 1.807) is 31.2 Å². The van der Waals surface area contributed by atoms with Crippen LogP contribution in [0.2, 0.25) is 0 Å². The number of benzene rings is 2. The van der Waals surface area contributed by atoms with Gasteiger partial charge < -0.3 is 0 Å². The molecule has 0 spiro atoms. The number of nitrogens with one attached hydrogen (secondary N) is 2. The molecule has 2 aromatic carbocycles. The molecular weight excluding hydrogens is 446 g/mol. The third-order valence-electron chi connectivity index (χ3n) is 4.77. The standard InChI is InChI=1S/C19H23N3O5S3/c1-13-6-8-16(9-7-13)29(24,25)21-20-19(23)18-11-15(28)12-22(18)30(26,27)17-5-3-4-14(2)10-17/h3-10,15,18,21,28H,11-12H2,1-2H3,(H,20,23)/t15-,18+/m1/s1. The Morgan fingerprint density at radius 1 is 1.00 bits per heavy atom. The minimum atomic E-state index is -3.99. The predicted octanol–water partition coefficient (Wildman–Crippen LogP) is 1.37. The molecule has 0 aliphatic carbocycles. The zero-order valence-electron chi connectivity index (χ0n) is 16.4. The summed E-state index contributed by atoms with van der Waals surface area (Å²) in [5.41, 5.74) is 3.80. The predicted molar refractivity (Wildman–Crippen MR) is 116 cm³/mol. The molecule has 1 heterocycles. The Balaban J connectivity index is 1.78. The van der Waals surface area contributed by atoms with E-state index in [-0.39, 0.29) is 28.0 Å². The van der Waals surface area contributed by atoms with Gasteiger partial charge in [0.25, 0.3) is 15.9 Å². The largest absolute Gasteiger partial charge is 0.276 e. The van der Waals surface area contributed by atoms with Crippen molar-refractivity contribution in [1.82, 2.24) is 14.6 Å². The second kappa shape index (κ2) is 8.67. The van der Waals surface area contributed by atoms with Crippen LogP contribution in [0.3, 0.4) is 0 Å². The van der Waals surface area contributed by atoms with E-state index in [0.29, 0.717) is 0 Å². The van der Waals surface area contributed by atoms with Crippen molar-refractivity contribution in [2.75, 3.05) is 6.54 Å². The number of hydrazine groups is 1. The van der Waals surface area contributed by atoms with Gasteiger partial charge in [0, 0.05) is 11.8 Å². The number of carbonyl (C=O) groups excluding carboxylic acids is 1. The molecule has 162 valence electrons. The maximum Gasteiger partial charge on any atom is 0.257 e. The molecule has 0 saturated carbocycles. The quantitative estimate of drug-likeness (QED) is 0.437. The summed E-state index contributed by atoms with van der Waals surface area (Å²) in [5.74, 6) is -0.765. The minimum absolute atomic E-state index is 0.0175. The molecule has 11 heteroatoms. The third kappa shape index (κ3) is 4.86. The molecule has 1 saturated heterocycles. The van der Waals surface area contributed by atoms with Gasteiger partial charge in [-0.1, -0.05) is 29.8 Å². The van der Waals surface area contributed by atoms with Crippen molar-refractivity contribution in [3.05, 3.63) is 59.7 Å². The van der Waals surface area contributed by atoms with Crippen molar-refractivity contribution >= 4 is 38.6 Å². The Morgan fingerprint density at radius 3 is 2.30 bits per heavy atom. The Bertz CT molecular complexity index is 1150. The second-order valence-corrected chi connectivity index (χ2v) is 11.5. The van der Waals surface area contributed by atoms with E-state index in [9.17, 15) is 21.6 Å². The molecule has 0 unspecified atom stereocenters. The van der Waals surface area contributed by atoms with Crippen molar-refractivity contribution in [2.45, 2.75) is 41.4 Å². The zero-order valence-corrected chi connectivity index (χ0v) is 19.0. The number of thiol groups is 1. The first kappa shape index (κ1) is 22.8. The lowest BCUT2D eigenvalue weighted by Crippen LogP contribution is -2.51. The summed E-state index contributed by atoms with van der Waals surface area (Å²) in [7, 11) is -7.95. The fourth-order valence-electron chi connectivity index (χ4n) is 3.18. The summed E-state index contributed by atoms with van der Waals surface area (Å²) in [6, 6.07) is 11.4. The molecule has 0 aromatic heterocycles. The highest BCUT2D eigenvalue weighted by atomic mass is 32.2. The Morgan fingerprint density at radius 2 is 1.67 bits per heavy atom. The van der Waals surface area contributed by atoms with Crippen LogP contribution in [0.1, 0.15) is 17.5 Å². The van der Waals surface area contributed by atoms with Gasteiger partial charge in [-0.05, 0) is 50.1 Å². The normalized spacial score (nSPS) is 20.2. The molecule has 2 N–H and O–H groups in total. The summed E-state index contributed by atoms with van der Waals surface area (Å²) in [4.78, 5) is 14.8. The first-order valence-electron chi connectivity index (χ1n) is 9.15. The van der Waals surface area contributed by atoms with E-state index in [1.165, 1.54) is 24.3 Å². The summed E-state index contributed by atoms with van der Waals surface area (Å²) >= 11 is 4.34. The highest BCUT2D eigenvalue weighted by Crippen LogP contribution is 2.29. The molecule has 1 aliphatic heterocycles. The number of amides is 1. The van der Waals surface area contributed by atoms with Crippen molar-refractivity contribution < 1.29 is 21.6 Å². The van der Waals surface area contributed by atoms with E-state index >= 15 is 0 Å². The van der Waals surface area contributed by atoms with E-state index in [0.717, 1.165) is 15.4 Å². The van der Waals surface area contributed by atoms with Crippen LogP contribution in [0, 0.1) is 13.8 Å². The van der Waals surface area contributed by atoms with E-state index in [2.05, 4.69) is 18.1 Å². The number of hydrogen-bond acceptors (Lipinski definition) is 6. The van der Waals surface area contributed by atoms with Gasteiger partial charge in [0.15, 0.2) is 0 Å². The molecule has 0 radical (unpaired) electrons. The maximum absolute atomic E-state index is 13.1. The number of carbonyl (C=O) groups is 1. The van der Waals surface area contributed by atoms with Crippen LogP contribution in [0.25, 0.3) is 0 Å². The SMILES string of the molecule is Cc1ccc(S(=O)(=O)NNC(=O)[C@@H]2C[C@@H](S)CN2S(=O)(=O)c2cccc(C)c2)cc1. The maximum atomic E-state index is 13.1. The molecule has 1 aliphatic rings. The van der Waals surface area contributed by atoms with Crippen LogP contribution in [-0.2, 0) is 24.8 Å². The van der Waals surface area contributed by atoms with Crippen LogP contribution >= 0.6 is 12.6 Å². The average molecular weight is 470 g/mol. The molecule has 3 rings (SSSR count). The van der Waals surface area contributed by atoms with E-state index in [4.69, 9.17) is 0 Å². The number of hydrogen-bond donors (Lipinski definition) is 3. The van der Waals surface area contributed by atoms with Crippen LogP contribution < -0.4 is 10.3 Å². The number of nitrogens with zero attached hydrogens (tertiary/aromatic N) is 1. The molecule has 30 heavy (non-hydrogen) atoms. The van der Waals surface area contributed by atoms with Gasteiger partial charge in [-0.25, -0.2) is 16.8 Å². The van der Waals surface area contributed by atoms with Crippen LogP contribution in [-0.4, -0.2) is 44.9 Å². The Labute approximate surface area is 182 Å². The van der Waals surface area contributed by atoms with Gasteiger partial charge in [-0.3, -0.25) is 10.2 Å². The minimum Gasteiger partial charge on any atom is -0.276 e. The lowest BCUT2D eigenvalue weighted by atomic mass is 10.2. The molecule has 0 bridgehead atoms. The van der Waals surface area contributed by atoms with Gasteiger partial charge in [-0.2, -0.15) is 16.9 Å². The fourth-order valence-corrected chi connectivity index (χ4v) is 6.26. The smallest absolute Gasteiger partial charge is 0.257 e. The van der Waals surface area contributed by atoms with Gasteiger partial charge in [-0.15, -0.1) is 4.83 Å². The van der Waals surface area contributed by atoms with Crippen LogP contribution in [0.15, 0.2) is 58.3 Å². The van der Waals surface area contributed by atoms with E-state index < -0.39 is 32.0 Å². The van der Waals surface area contributed by atoms with Crippen LogP contribution in [0.5, 0.6) is 0 Å². The summed E-state index contributed by atoms with van der Waals surface area (Å²) in [6.45, 7) is 3.64. The Hall–Kier alpha value is -1.92. The molecule has 8 nitrogen and oxygen atoms in total. The molecular formula is C19H23N3O5S3. The second-order valence-electron chi connectivity index (χ2n) is 7.20. The van der Waals surface area contributed by atoms with Crippen molar-refractivity contribution in [3.8, 4) is 0 Å². The van der Waals surface area contributed by atoms with Crippen molar-refractivity contribution in [3.63, 3.8) is 0 Å². The van der Waals surface area contributed by atoms with E-state index in [1.807, 2.05) is 11.8 Å².